The largest absolute Gasteiger partial charge is 0.435 e. The summed E-state index contributed by atoms with van der Waals surface area (Å²) >= 11 is 1.93. The van der Waals surface area contributed by atoms with Crippen molar-refractivity contribution < 1.29 is 18.3 Å². The lowest BCUT2D eigenvalue weighted by Gasteiger charge is -2.07. The molecule has 0 fully saturated rings. The van der Waals surface area contributed by atoms with Crippen molar-refractivity contribution in [1.29, 1.82) is 0 Å². The number of ether oxygens (including phenoxy) is 1. The highest BCUT2D eigenvalue weighted by molar-refractivity contribution is 14.1. The van der Waals surface area contributed by atoms with E-state index >= 15 is 0 Å². The van der Waals surface area contributed by atoms with Gasteiger partial charge >= 0.3 is 6.61 Å². The Balaban J connectivity index is 2.93. The highest BCUT2D eigenvalue weighted by atomic mass is 127. The molecule has 1 rings (SSSR count). The Morgan fingerprint density at radius 1 is 1.53 bits per heavy atom. The van der Waals surface area contributed by atoms with Crippen molar-refractivity contribution in [2.45, 2.75) is 20.0 Å². The van der Waals surface area contributed by atoms with Crippen molar-refractivity contribution in [2.24, 2.45) is 0 Å². The van der Waals surface area contributed by atoms with Crippen LogP contribution in [0.15, 0.2) is 18.2 Å². The SMILES string of the molecule is CCC(=O)c1ccc(OC(F)F)cc1I. The molecule has 0 heterocycles. The van der Waals surface area contributed by atoms with Gasteiger partial charge in [0.2, 0.25) is 0 Å². The number of carbonyl (C=O) groups is 1. The first-order chi connectivity index (χ1) is 7.04. The number of carbonyl (C=O) groups excluding carboxylic acids is 1. The number of ketones is 1. The minimum absolute atomic E-state index is 0.0111. The van der Waals surface area contributed by atoms with Gasteiger partial charge in [0, 0.05) is 15.6 Å². The molecule has 0 saturated carbocycles. The average Bonchev–Trinajstić information content (AvgIpc) is 2.16. The highest BCUT2D eigenvalue weighted by Crippen LogP contribution is 2.22. The monoisotopic (exact) mass is 326 g/mol. The molecule has 5 heteroatoms. The van der Waals surface area contributed by atoms with Gasteiger partial charge in [-0.05, 0) is 40.8 Å². The summed E-state index contributed by atoms with van der Waals surface area (Å²) in [4.78, 5) is 11.4. The summed E-state index contributed by atoms with van der Waals surface area (Å²) < 4.78 is 28.6. The molecule has 0 unspecified atom stereocenters. The van der Waals surface area contributed by atoms with Gasteiger partial charge in [-0.25, -0.2) is 0 Å². The number of hydrogen-bond acceptors (Lipinski definition) is 2. The molecule has 0 N–H and O–H groups in total. The van der Waals surface area contributed by atoms with Crippen LogP contribution in [0.5, 0.6) is 5.75 Å². The highest BCUT2D eigenvalue weighted by Gasteiger charge is 2.10. The first-order valence-corrected chi connectivity index (χ1v) is 5.40. The lowest BCUT2D eigenvalue weighted by molar-refractivity contribution is -0.0498. The van der Waals surface area contributed by atoms with E-state index < -0.39 is 6.61 Å². The van der Waals surface area contributed by atoms with E-state index in [0.717, 1.165) is 0 Å². The molecular weight excluding hydrogens is 317 g/mol. The fourth-order valence-electron chi connectivity index (χ4n) is 1.09. The van der Waals surface area contributed by atoms with Gasteiger partial charge in [0.25, 0.3) is 0 Å². The molecule has 0 aliphatic carbocycles. The fourth-order valence-corrected chi connectivity index (χ4v) is 1.88. The van der Waals surface area contributed by atoms with Crippen LogP contribution < -0.4 is 4.74 Å². The normalized spacial score (nSPS) is 10.5. The smallest absolute Gasteiger partial charge is 0.387 e. The topological polar surface area (TPSA) is 26.3 Å². The van der Waals surface area contributed by atoms with Crippen molar-refractivity contribution in [2.75, 3.05) is 0 Å². The molecular formula is C10H9F2IO2. The molecule has 1 aromatic carbocycles. The number of hydrogen-bond donors (Lipinski definition) is 0. The number of halogens is 3. The maximum atomic E-state index is 11.9. The van der Waals surface area contributed by atoms with Gasteiger partial charge in [0.1, 0.15) is 5.75 Å². The van der Waals surface area contributed by atoms with Gasteiger partial charge in [-0.2, -0.15) is 8.78 Å². The molecule has 0 saturated heterocycles. The number of benzene rings is 1. The van der Waals surface area contributed by atoms with Crippen LogP contribution in [0.3, 0.4) is 0 Å². The summed E-state index contributed by atoms with van der Waals surface area (Å²) in [6.45, 7) is -1.09. The molecule has 1 aromatic rings. The van der Waals surface area contributed by atoms with E-state index in [1.807, 2.05) is 22.6 Å². The van der Waals surface area contributed by atoms with Crippen LogP contribution in [0.2, 0.25) is 0 Å². The van der Waals surface area contributed by atoms with Crippen molar-refractivity contribution in [3.63, 3.8) is 0 Å². The summed E-state index contributed by atoms with van der Waals surface area (Å²) in [6.07, 6.45) is 0.394. The molecule has 0 aromatic heterocycles. The van der Waals surface area contributed by atoms with Gasteiger partial charge in [-0.1, -0.05) is 6.92 Å². The van der Waals surface area contributed by atoms with Crippen molar-refractivity contribution >= 4 is 28.4 Å². The maximum absolute atomic E-state index is 11.9. The second-order valence-corrected chi connectivity index (χ2v) is 3.96. The Bertz CT molecular complexity index is 366. The van der Waals surface area contributed by atoms with E-state index in [1.165, 1.54) is 18.2 Å². The van der Waals surface area contributed by atoms with Crippen LogP contribution in [0, 0.1) is 3.57 Å². The molecule has 0 bridgehead atoms. The van der Waals surface area contributed by atoms with Gasteiger partial charge < -0.3 is 4.74 Å². The van der Waals surface area contributed by atoms with E-state index in [4.69, 9.17) is 0 Å². The van der Waals surface area contributed by atoms with Gasteiger partial charge in [-0.15, -0.1) is 0 Å². The summed E-state index contributed by atoms with van der Waals surface area (Å²) in [5, 5.41) is 0. The van der Waals surface area contributed by atoms with E-state index in [2.05, 4.69) is 4.74 Å². The zero-order valence-electron chi connectivity index (χ0n) is 7.97. The molecule has 0 amide bonds. The van der Waals surface area contributed by atoms with Crippen LogP contribution >= 0.6 is 22.6 Å². The van der Waals surface area contributed by atoms with Crippen LogP contribution in [0.1, 0.15) is 23.7 Å². The molecule has 0 atom stereocenters. The average molecular weight is 326 g/mol. The molecule has 2 nitrogen and oxygen atoms in total. The van der Waals surface area contributed by atoms with Crippen molar-refractivity contribution in [3.8, 4) is 5.75 Å². The molecule has 15 heavy (non-hydrogen) atoms. The van der Waals surface area contributed by atoms with E-state index in [-0.39, 0.29) is 11.5 Å². The molecule has 82 valence electrons. The fraction of sp³-hybridized carbons (Fsp3) is 0.300. The molecule has 0 aliphatic rings. The van der Waals surface area contributed by atoms with Gasteiger partial charge in [0.05, 0.1) is 0 Å². The Hall–Kier alpha value is -0.720. The van der Waals surface area contributed by atoms with E-state index in [0.29, 0.717) is 15.6 Å². The van der Waals surface area contributed by atoms with Gasteiger partial charge in [-0.3, -0.25) is 4.79 Å². The Morgan fingerprint density at radius 3 is 2.67 bits per heavy atom. The second kappa shape index (κ2) is 5.39. The number of Topliss-reactive ketones (excluding diaryl/α,β-unsaturated/α-hetero) is 1. The maximum Gasteiger partial charge on any atom is 0.387 e. The van der Waals surface area contributed by atoms with E-state index in [9.17, 15) is 13.6 Å². The minimum atomic E-state index is -2.84. The lowest BCUT2D eigenvalue weighted by Crippen LogP contribution is -2.04. The quantitative estimate of drug-likeness (QED) is 0.625. The predicted molar refractivity (Wildman–Crippen MR) is 60.4 cm³/mol. The first kappa shape index (κ1) is 12.4. The molecule has 0 radical (unpaired) electrons. The van der Waals surface area contributed by atoms with Crippen LogP contribution in [-0.2, 0) is 0 Å². The second-order valence-electron chi connectivity index (χ2n) is 2.80. The Morgan fingerprint density at radius 2 is 2.20 bits per heavy atom. The standard InChI is InChI=1S/C10H9F2IO2/c1-2-9(14)7-4-3-6(5-8(7)13)15-10(11)12/h3-5,10H,2H2,1H3. The summed E-state index contributed by atoms with van der Waals surface area (Å²) in [5.41, 5.74) is 0.541. The predicted octanol–water partition coefficient (Wildman–Crippen LogP) is 3.49. The third-order valence-corrected chi connectivity index (χ3v) is 2.68. The number of alkyl halides is 2. The van der Waals surface area contributed by atoms with Crippen LogP contribution in [0.4, 0.5) is 8.78 Å². The van der Waals surface area contributed by atoms with Gasteiger partial charge in [0.15, 0.2) is 5.78 Å². The summed E-state index contributed by atoms with van der Waals surface area (Å²) in [6, 6.07) is 4.30. The summed E-state index contributed by atoms with van der Waals surface area (Å²) in [7, 11) is 0. The van der Waals surface area contributed by atoms with E-state index in [1.54, 1.807) is 6.92 Å². The van der Waals surface area contributed by atoms with Crippen LogP contribution in [0.25, 0.3) is 0 Å². The zero-order valence-corrected chi connectivity index (χ0v) is 10.1. The number of rotatable bonds is 4. The first-order valence-electron chi connectivity index (χ1n) is 4.32. The third-order valence-electron chi connectivity index (χ3n) is 1.79. The summed E-state index contributed by atoms with van der Waals surface area (Å²) in [5.74, 6) is 0.0602. The third kappa shape index (κ3) is 3.40. The Labute approximate surface area is 99.8 Å². The van der Waals surface area contributed by atoms with Crippen LogP contribution in [-0.4, -0.2) is 12.4 Å². The zero-order chi connectivity index (χ0) is 11.4. The lowest BCUT2D eigenvalue weighted by atomic mass is 10.1. The Kier molecular flexibility index (Phi) is 4.44. The molecule has 0 aliphatic heterocycles. The molecule has 0 spiro atoms. The minimum Gasteiger partial charge on any atom is -0.435 e. The van der Waals surface area contributed by atoms with Crippen molar-refractivity contribution in [1.82, 2.24) is 0 Å². The van der Waals surface area contributed by atoms with Crippen molar-refractivity contribution in [3.05, 3.63) is 27.3 Å².